The van der Waals surface area contributed by atoms with E-state index in [-0.39, 0.29) is 11.9 Å². The van der Waals surface area contributed by atoms with Gasteiger partial charge in [-0.1, -0.05) is 0 Å². The number of rotatable bonds is 5. The molecule has 3 rings (SSSR count). The quantitative estimate of drug-likeness (QED) is 0.884. The van der Waals surface area contributed by atoms with Crippen LogP contribution >= 0.6 is 11.3 Å². The molecule has 8 heteroatoms. The zero-order chi connectivity index (χ0) is 17.8. The second-order valence-corrected chi connectivity index (χ2v) is 7.51. The van der Waals surface area contributed by atoms with Crippen molar-refractivity contribution in [2.45, 2.75) is 39.2 Å². The average Bonchev–Trinajstić information content (AvgIpc) is 3.04. The first kappa shape index (κ1) is 17.9. The molecule has 0 aliphatic carbocycles. The summed E-state index contributed by atoms with van der Waals surface area (Å²) in [6.07, 6.45) is 7.31. The number of carbonyl (C=O) groups excluding carboxylic acids is 1. The van der Waals surface area contributed by atoms with Crippen molar-refractivity contribution in [1.82, 2.24) is 19.9 Å². The molecule has 1 saturated heterocycles. The summed E-state index contributed by atoms with van der Waals surface area (Å²) in [7, 11) is 0. The summed E-state index contributed by atoms with van der Waals surface area (Å²) >= 11 is 1.52. The minimum atomic E-state index is -0.400. The Labute approximate surface area is 150 Å². The first-order chi connectivity index (χ1) is 12.0. The van der Waals surface area contributed by atoms with Gasteiger partial charge in [0.15, 0.2) is 10.9 Å². The molecule has 2 aromatic heterocycles. The van der Waals surface area contributed by atoms with Gasteiger partial charge in [-0.25, -0.2) is 19.3 Å². The van der Waals surface area contributed by atoms with E-state index in [9.17, 15) is 9.18 Å². The largest absolute Gasteiger partial charge is 0.302 e. The van der Waals surface area contributed by atoms with E-state index in [2.05, 4.69) is 32.1 Å². The average molecular weight is 363 g/mol. The highest BCUT2D eigenvalue weighted by molar-refractivity contribution is 7.15. The monoisotopic (exact) mass is 363 g/mol. The number of anilines is 1. The Morgan fingerprint density at radius 2 is 2.16 bits per heavy atom. The summed E-state index contributed by atoms with van der Waals surface area (Å²) in [6, 6.07) is 0.247. The zero-order valence-electron chi connectivity index (χ0n) is 14.4. The zero-order valence-corrected chi connectivity index (χ0v) is 15.2. The third-order valence-corrected chi connectivity index (χ3v) is 5.54. The molecule has 2 atom stereocenters. The topological polar surface area (TPSA) is 71.0 Å². The summed E-state index contributed by atoms with van der Waals surface area (Å²) in [5, 5.41) is 3.37. The van der Waals surface area contributed by atoms with Gasteiger partial charge in [0.05, 0.1) is 12.4 Å². The number of halogens is 1. The second kappa shape index (κ2) is 7.97. The predicted octanol–water partition coefficient (Wildman–Crippen LogP) is 3.05. The molecule has 2 aromatic rings. The van der Waals surface area contributed by atoms with E-state index in [0.29, 0.717) is 16.9 Å². The molecule has 0 saturated carbocycles. The van der Waals surface area contributed by atoms with Crippen LogP contribution in [0.2, 0.25) is 0 Å². The van der Waals surface area contributed by atoms with Gasteiger partial charge in [-0.3, -0.25) is 9.69 Å². The fourth-order valence-corrected chi connectivity index (χ4v) is 4.13. The van der Waals surface area contributed by atoms with E-state index >= 15 is 0 Å². The van der Waals surface area contributed by atoms with Crippen molar-refractivity contribution >= 4 is 22.4 Å². The van der Waals surface area contributed by atoms with Gasteiger partial charge in [-0.15, -0.1) is 11.3 Å². The number of thiazole rings is 1. The van der Waals surface area contributed by atoms with E-state index < -0.39 is 5.82 Å². The van der Waals surface area contributed by atoms with Crippen LogP contribution in [0.1, 0.15) is 43.4 Å². The van der Waals surface area contributed by atoms with Crippen LogP contribution in [-0.4, -0.2) is 38.8 Å². The Hall–Kier alpha value is -1.93. The van der Waals surface area contributed by atoms with Gasteiger partial charge in [-0.05, 0) is 32.2 Å². The molecule has 1 amide bonds. The van der Waals surface area contributed by atoms with E-state index in [0.717, 1.165) is 37.2 Å². The van der Waals surface area contributed by atoms with Crippen LogP contribution in [0, 0.1) is 11.7 Å². The van der Waals surface area contributed by atoms with Crippen LogP contribution < -0.4 is 5.32 Å². The Balaban J connectivity index is 1.61. The smallest absolute Gasteiger partial charge is 0.223 e. The maximum atomic E-state index is 12.9. The number of piperidine rings is 1. The highest BCUT2D eigenvalue weighted by Crippen LogP contribution is 2.32. The number of aromatic nitrogens is 3. The fraction of sp³-hybridized carbons (Fsp3) is 0.529. The van der Waals surface area contributed by atoms with E-state index in [1.54, 1.807) is 0 Å². The molecule has 25 heavy (non-hydrogen) atoms. The molecule has 1 aliphatic heterocycles. The van der Waals surface area contributed by atoms with Crippen molar-refractivity contribution < 1.29 is 9.18 Å². The third kappa shape index (κ3) is 4.79. The van der Waals surface area contributed by atoms with Crippen molar-refractivity contribution in [3.05, 3.63) is 35.1 Å². The van der Waals surface area contributed by atoms with Gasteiger partial charge in [0.25, 0.3) is 0 Å². The molecule has 0 bridgehead atoms. The van der Waals surface area contributed by atoms with Gasteiger partial charge >= 0.3 is 0 Å². The first-order valence-corrected chi connectivity index (χ1v) is 9.26. The lowest BCUT2D eigenvalue weighted by Gasteiger charge is -2.36. The predicted molar refractivity (Wildman–Crippen MR) is 94.8 cm³/mol. The SMILES string of the molecule is CC(=O)Nc1ncc([C@@H](C)N2CCC[C@H](Cc3ncc(F)cn3)C2)s1. The van der Waals surface area contributed by atoms with Gasteiger partial charge in [0.1, 0.15) is 5.82 Å². The number of hydrogen-bond donors (Lipinski definition) is 1. The number of carbonyl (C=O) groups is 1. The van der Waals surface area contributed by atoms with Crippen LogP contribution in [0.5, 0.6) is 0 Å². The molecule has 3 heterocycles. The molecule has 0 radical (unpaired) electrons. The van der Waals surface area contributed by atoms with Crippen LogP contribution in [0.4, 0.5) is 9.52 Å². The fourth-order valence-electron chi connectivity index (χ4n) is 3.19. The van der Waals surface area contributed by atoms with E-state index in [4.69, 9.17) is 0 Å². The lowest BCUT2D eigenvalue weighted by atomic mass is 9.93. The van der Waals surface area contributed by atoms with Gasteiger partial charge in [0, 0.05) is 37.0 Å². The maximum Gasteiger partial charge on any atom is 0.223 e. The number of nitrogens with zero attached hydrogens (tertiary/aromatic N) is 4. The third-order valence-electron chi connectivity index (χ3n) is 4.46. The molecule has 1 fully saturated rings. The van der Waals surface area contributed by atoms with Crippen molar-refractivity contribution in [1.29, 1.82) is 0 Å². The number of likely N-dealkylation sites (tertiary alicyclic amines) is 1. The lowest BCUT2D eigenvalue weighted by molar-refractivity contribution is -0.114. The minimum Gasteiger partial charge on any atom is -0.302 e. The van der Waals surface area contributed by atoms with E-state index in [1.807, 2.05) is 6.20 Å². The normalized spacial score (nSPS) is 19.6. The molecule has 6 nitrogen and oxygen atoms in total. The Morgan fingerprint density at radius 3 is 2.88 bits per heavy atom. The van der Waals surface area contributed by atoms with Crippen LogP contribution in [0.3, 0.4) is 0 Å². The van der Waals surface area contributed by atoms with Crippen molar-refractivity contribution in [2.24, 2.45) is 5.92 Å². The number of nitrogens with one attached hydrogen (secondary N) is 1. The molecular formula is C17H22FN5OS. The Kier molecular flexibility index (Phi) is 5.70. The molecular weight excluding hydrogens is 341 g/mol. The summed E-state index contributed by atoms with van der Waals surface area (Å²) in [6.45, 7) is 5.64. The van der Waals surface area contributed by atoms with Gasteiger partial charge in [0.2, 0.25) is 5.91 Å². The minimum absolute atomic E-state index is 0.106. The van der Waals surface area contributed by atoms with Crippen LogP contribution in [0.25, 0.3) is 0 Å². The maximum absolute atomic E-state index is 12.9. The van der Waals surface area contributed by atoms with Crippen molar-refractivity contribution in [3.8, 4) is 0 Å². The Morgan fingerprint density at radius 1 is 1.40 bits per heavy atom. The Bertz CT molecular complexity index is 720. The molecule has 0 spiro atoms. The summed E-state index contributed by atoms with van der Waals surface area (Å²) in [5.74, 6) is 0.657. The van der Waals surface area contributed by atoms with Crippen molar-refractivity contribution in [3.63, 3.8) is 0 Å². The van der Waals surface area contributed by atoms with Crippen LogP contribution in [0.15, 0.2) is 18.6 Å². The molecule has 0 unspecified atom stereocenters. The van der Waals surface area contributed by atoms with Gasteiger partial charge in [-0.2, -0.15) is 0 Å². The van der Waals surface area contributed by atoms with Gasteiger partial charge < -0.3 is 5.32 Å². The second-order valence-electron chi connectivity index (χ2n) is 6.45. The molecule has 1 N–H and O–H groups in total. The lowest BCUT2D eigenvalue weighted by Crippen LogP contribution is -2.37. The highest BCUT2D eigenvalue weighted by atomic mass is 32.1. The standard InChI is InChI=1S/C17H22FN5OS/c1-11(15-9-21-17(25-15)22-12(2)24)23-5-3-4-13(10-23)6-16-19-7-14(18)8-20-16/h7-9,11,13H,3-6,10H2,1-2H3,(H,21,22,24)/t11-,13-/m1/s1. The highest BCUT2D eigenvalue weighted by Gasteiger charge is 2.26. The molecule has 0 aromatic carbocycles. The van der Waals surface area contributed by atoms with E-state index in [1.165, 1.54) is 30.7 Å². The summed E-state index contributed by atoms with van der Waals surface area (Å²) in [5.41, 5.74) is 0. The first-order valence-electron chi connectivity index (χ1n) is 8.45. The number of hydrogen-bond acceptors (Lipinski definition) is 6. The number of amides is 1. The molecule has 134 valence electrons. The van der Waals surface area contributed by atoms with Crippen molar-refractivity contribution in [2.75, 3.05) is 18.4 Å². The molecule has 1 aliphatic rings. The summed E-state index contributed by atoms with van der Waals surface area (Å²) < 4.78 is 12.9. The van der Waals surface area contributed by atoms with Crippen LogP contribution in [-0.2, 0) is 11.2 Å². The summed E-state index contributed by atoms with van der Waals surface area (Å²) in [4.78, 5) is 27.1.